The molecule has 1 aliphatic heterocycles. The van der Waals surface area contributed by atoms with Crippen LogP contribution in [0.2, 0.25) is 0 Å². The van der Waals surface area contributed by atoms with Crippen LogP contribution in [-0.2, 0) is 11.3 Å². The molecule has 2 rings (SSSR count). The lowest BCUT2D eigenvalue weighted by Crippen LogP contribution is -2.52. The van der Waals surface area contributed by atoms with Crippen molar-refractivity contribution >= 4 is 5.91 Å². The van der Waals surface area contributed by atoms with Gasteiger partial charge in [0.25, 0.3) is 0 Å². The Hall–Kier alpha value is -1.66. The van der Waals surface area contributed by atoms with Crippen LogP contribution in [0.5, 0.6) is 5.75 Å². The predicted molar refractivity (Wildman–Crippen MR) is 78.5 cm³/mol. The zero-order valence-electron chi connectivity index (χ0n) is 12.5. The van der Waals surface area contributed by atoms with Gasteiger partial charge in [-0.1, -0.05) is 0 Å². The maximum atomic E-state index is 13.4. The van der Waals surface area contributed by atoms with Gasteiger partial charge in [0.2, 0.25) is 5.91 Å². The van der Waals surface area contributed by atoms with Crippen LogP contribution in [-0.4, -0.2) is 55.0 Å². The minimum Gasteiger partial charge on any atom is -0.496 e. The van der Waals surface area contributed by atoms with Crippen molar-refractivity contribution in [1.29, 1.82) is 0 Å². The molecule has 0 unspecified atom stereocenters. The topological polar surface area (TPSA) is 58.8 Å². The van der Waals surface area contributed by atoms with Crippen LogP contribution in [0, 0.1) is 5.82 Å². The summed E-state index contributed by atoms with van der Waals surface area (Å²) in [6.45, 7) is 5.66. The van der Waals surface area contributed by atoms with E-state index in [-0.39, 0.29) is 17.8 Å². The van der Waals surface area contributed by atoms with Crippen molar-refractivity contribution in [3.8, 4) is 5.75 Å². The van der Waals surface area contributed by atoms with Crippen LogP contribution in [0.3, 0.4) is 0 Å². The van der Waals surface area contributed by atoms with Gasteiger partial charge >= 0.3 is 0 Å². The molecule has 1 amide bonds. The van der Waals surface area contributed by atoms with Crippen LogP contribution < -0.4 is 10.5 Å². The lowest BCUT2D eigenvalue weighted by Gasteiger charge is -2.37. The highest BCUT2D eigenvalue weighted by molar-refractivity contribution is 5.79. The first-order valence-electron chi connectivity index (χ1n) is 7.09. The molecule has 6 heteroatoms. The van der Waals surface area contributed by atoms with E-state index in [0.29, 0.717) is 12.3 Å². The first-order valence-corrected chi connectivity index (χ1v) is 7.09. The first kappa shape index (κ1) is 15.7. The molecule has 0 radical (unpaired) electrons. The highest BCUT2D eigenvalue weighted by Crippen LogP contribution is 2.21. The number of carbonyl (C=O) groups is 1. The second kappa shape index (κ2) is 6.87. The molecule has 1 aliphatic rings. The molecule has 2 N–H and O–H groups in total. The molecule has 1 heterocycles. The molecule has 1 fully saturated rings. The van der Waals surface area contributed by atoms with Crippen molar-refractivity contribution in [2.75, 3.05) is 33.3 Å². The van der Waals surface area contributed by atoms with Gasteiger partial charge < -0.3 is 10.5 Å². The van der Waals surface area contributed by atoms with Gasteiger partial charge in [-0.3, -0.25) is 14.6 Å². The Morgan fingerprint density at radius 3 is 2.62 bits per heavy atom. The van der Waals surface area contributed by atoms with Gasteiger partial charge in [0.05, 0.1) is 13.2 Å². The van der Waals surface area contributed by atoms with Crippen molar-refractivity contribution in [3.05, 3.63) is 29.6 Å². The number of benzene rings is 1. The molecule has 1 aromatic rings. The van der Waals surface area contributed by atoms with Crippen LogP contribution >= 0.6 is 0 Å². The quantitative estimate of drug-likeness (QED) is 0.874. The second-order valence-electron chi connectivity index (χ2n) is 5.35. The van der Waals surface area contributed by atoms with Gasteiger partial charge in [-0.05, 0) is 25.1 Å². The normalized spacial score (nSPS) is 18.4. The van der Waals surface area contributed by atoms with Gasteiger partial charge in [0.15, 0.2) is 0 Å². The summed E-state index contributed by atoms with van der Waals surface area (Å²) in [5.74, 6) is 0.145. The van der Waals surface area contributed by atoms with Crippen molar-refractivity contribution in [3.63, 3.8) is 0 Å². The molecule has 1 aromatic carbocycles. The van der Waals surface area contributed by atoms with Gasteiger partial charge in [-0.25, -0.2) is 4.39 Å². The van der Waals surface area contributed by atoms with Crippen LogP contribution in [0.25, 0.3) is 0 Å². The zero-order valence-corrected chi connectivity index (χ0v) is 12.5. The minimum absolute atomic E-state index is 0.240. The van der Waals surface area contributed by atoms with Crippen LogP contribution in [0.15, 0.2) is 18.2 Å². The maximum absolute atomic E-state index is 13.4. The number of hydrogen-bond acceptors (Lipinski definition) is 4. The summed E-state index contributed by atoms with van der Waals surface area (Å²) in [4.78, 5) is 15.5. The molecule has 116 valence electrons. The van der Waals surface area contributed by atoms with E-state index in [1.54, 1.807) is 13.2 Å². The third-order valence-electron chi connectivity index (χ3n) is 4.00. The lowest BCUT2D eigenvalue weighted by molar-refractivity contribution is -0.123. The Kier molecular flexibility index (Phi) is 5.14. The predicted octanol–water partition coefficient (Wildman–Crippen LogP) is 0.826. The van der Waals surface area contributed by atoms with Gasteiger partial charge in [0.1, 0.15) is 11.6 Å². The molecular formula is C15H22FN3O2. The lowest BCUT2D eigenvalue weighted by atomic mass is 10.1. The largest absolute Gasteiger partial charge is 0.496 e. The number of carbonyl (C=O) groups excluding carboxylic acids is 1. The molecule has 0 bridgehead atoms. The number of halogens is 1. The number of piperazine rings is 1. The van der Waals surface area contributed by atoms with Gasteiger partial charge in [-0.2, -0.15) is 0 Å². The Bertz CT molecular complexity index is 502. The molecule has 1 saturated heterocycles. The average molecular weight is 295 g/mol. The number of rotatable bonds is 5. The van der Waals surface area contributed by atoms with E-state index >= 15 is 0 Å². The van der Waals surface area contributed by atoms with Gasteiger partial charge in [-0.15, -0.1) is 0 Å². The first-order chi connectivity index (χ1) is 10.0. The summed E-state index contributed by atoms with van der Waals surface area (Å²) in [5.41, 5.74) is 6.17. The van der Waals surface area contributed by atoms with Crippen molar-refractivity contribution in [2.24, 2.45) is 5.73 Å². The standard InChI is InChI=1S/C15H22FN3O2/c1-11(15(17)20)19-7-5-18(6-8-19)10-12-9-13(16)3-4-14(12)21-2/h3-4,9,11H,5-8,10H2,1-2H3,(H2,17,20)/t11-/m0/s1. The fourth-order valence-corrected chi connectivity index (χ4v) is 2.60. The number of primary amides is 1. The summed E-state index contributed by atoms with van der Waals surface area (Å²) < 4.78 is 18.6. The average Bonchev–Trinajstić information content (AvgIpc) is 2.47. The molecule has 0 aliphatic carbocycles. The van der Waals surface area contributed by atoms with Crippen LogP contribution in [0.4, 0.5) is 4.39 Å². The van der Waals surface area contributed by atoms with E-state index in [4.69, 9.17) is 10.5 Å². The number of hydrogen-bond donors (Lipinski definition) is 1. The number of ether oxygens (including phenoxy) is 1. The fraction of sp³-hybridized carbons (Fsp3) is 0.533. The summed E-state index contributed by atoms with van der Waals surface area (Å²) >= 11 is 0. The van der Waals surface area contributed by atoms with Crippen molar-refractivity contribution in [1.82, 2.24) is 9.80 Å². The third kappa shape index (κ3) is 3.92. The number of nitrogens with two attached hydrogens (primary N) is 1. The van der Waals surface area contributed by atoms with E-state index in [2.05, 4.69) is 9.80 Å². The summed E-state index contributed by atoms with van der Waals surface area (Å²) in [7, 11) is 1.59. The molecule has 21 heavy (non-hydrogen) atoms. The number of methoxy groups -OCH3 is 1. The Morgan fingerprint density at radius 2 is 2.05 bits per heavy atom. The van der Waals surface area contributed by atoms with E-state index in [9.17, 15) is 9.18 Å². The molecule has 1 atom stereocenters. The second-order valence-corrected chi connectivity index (χ2v) is 5.35. The maximum Gasteiger partial charge on any atom is 0.234 e. The molecular weight excluding hydrogens is 273 g/mol. The summed E-state index contributed by atoms with van der Waals surface area (Å²) in [6.07, 6.45) is 0. The van der Waals surface area contributed by atoms with Crippen molar-refractivity contribution < 1.29 is 13.9 Å². The minimum atomic E-state index is -0.296. The van der Waals surface area contributed by atoms with E-state index in [0.717, 1.165) is 31.7 Å². The zero-order chi connectivity index (χ0) is 15.4. The molecule has 0 saturated carbocycles. The molecule has 0 aromatic heterocycles. The smallest absolute Gasteiger partial charge is 0.234 e. The highest BCUT2D eigenvalue weighted by atomic mass is 19.1. The molecule has 5 nitrogen and oxygen atoms in total. The van der Waals surface area contributed by atoms with Gasteiger partial charge in [0, 0.05) is 38.3 Å². The van der Waals surface area contributed by atoms with E-state index in [1.807, 2.05) is 6.92 Å². The summed E-state index contributed by atoms with van der Waals surface area (Å²) in [5, 5.41) is 0. The van der Waals surface area contributed by atoms with Crippen LogP contribution in [0.1, 0.15) is 12.5 Å². The SMILES string of the molecule is COc1ccc(F)cc1CN1CCN([C@@H](C)C(N)=O)CC1. The van der Waals surface area contributed by atoms with E-state index < -0.39 is 0 Å². The Balaban J connectivity index is 1.95. The highest BCUT2D eigenvalue weighted by Gasteiger charge is 2.24. The number of nitrogens with zero attached hydrogens (tertiary/aromatic N) is 2. The fourth-order valence-electron chi connectivity index (χ4n) is 2.60. The Labute approximate surface area is 124 Å². The summed E-state index contributed by atoms with van der Waals surface area (Å²) in [6, 6.07) is 4.32. The van der Waals surface area contributed by atoms with Crippen molar-refractivity contribution in [2.45, 2.75) is 19.5 Å². The Morgan fingerprint density at radius 1 is 1.38 bits per heavy atom. The third-order valence-corrected chi connectivity index (χ3v) is 4.00. The molecule has 0 spiro atoms. The monoisotopic (exact) mass is 295 g/mol. The number of amides is 1. The van der Waals surface area contributed by atoms with E-state index in [1.165, 1.54) is 12.1 Å².